The molecular formula is C20H30N4O3. The topological polar surface area (TPSA) is 70.6 Å². The Labute approximate surface area is 159 Å². The molecule has 1 N–H and O–H groups in total. The number of fused-ring (bicyclic) bond motifs is 1. The van der Waals surface area contributed by atoms with Gasteiger partial charge in [-0.3, -0.25) is 9.47 Å². The number of aromatic amines is 1. The van der Waals surface area contributed by atoms with E-state index in [9.17, 15) is 9.59 Å². The van der Waals surface area contributed by atoms with Gasteiger partial charge in [-0.05, 0) is 51.3 Å². The maximum Gasteiger partial charge on any atom is 0.410 e. The van der Waals surface area contributed by atoms with Gasteiger partial charge in [0.05, 0.1) is 11.0 Å². The molecule has 1 aliphatic heterocycles. The molecule has 0 saturated carbocycles. The molecule has 1 aromatic carbocycles. The predicted molar refractivity (Wildman–Crippen MR) is 106 cm³/mol. The number of benzene rings is 1. The number of likely N-dealkylation sites (tertiary alicyclic amines) is 1. The van der Waals surface area contributed by atoms with Crippen molar-refractivity contribution in [2.24, 2.45) is 7.05 Å². The van der Waals surface area contributed by atoms with Gasteiger partial charge >= 0.3 is 11.8 Å². The number of carbonyl (C=O) groups is 1. The highest BCUT2D eigenvalue weighted by Crippen LogP contribution is 2.21. The largest absolute Gasteiger partial charge is 0.444 e. The van der Waals surface area contributed by atoms with Gasteiger partial charge in [-0.25, -0.2) is 9.59 Å². The zero-order valence-corrected chi connectivity index (χ0v) is 16.9. The van der Waals surface area contributed by atoms with Crippen molar-refractivity contribution in [1.82, 2.24) is 19.4 Å². The number of amides is 1. The number of rotatable bonds is 3. The highest BCUT2D eigenvalue weighted by Gasteiger charge is 2.28. The van der Waals surface area contributed by atoms with Gasteiger partial charge in [0.25, 0.3) is 0 Å². The fourth-order valence-electron chi connectivity index (χ4n) is 3.57. The predicted octanol–water partition coefficient (Wildman–Crippen LogP) is 2.70. The Morgan fingerprint density at radius 2 is 1.96 bits per heavy atom. The molecule has 1 aromatic heterocycles. The summed E-state index contributed by atoms with van der Waals surface area (Å²) in [6.45, 7) is 8.37. The molecule has 7 heteroatoms. The quantitative estimate of drug-likeness (QED) is 0.897. The van der Waals surface area contributed by atoms with E-state index in [1.165, 1.54) is 5.56 Å². The third kappa shape index (κ3) is 4.53. The van der Waals surface area contributed by atoms with Crippen LogP contribution >= 0.6 is 0 Å². The lowest BCUT2D eigenvalue weighted by atomic mass is 10.0. The maximum absolute atomic E-state index is 12.2. The monoisotopic (exact) mass is 374 g/mol. The summed E-state index contributed by atoms with van der Waals surface area (Å²) in [4.78, 5) is 31.0. The maximum atomic E-state index is 12.2. The number of nitrogens with one attached hydrogen (secondary N) is 1. The molecule has 1 amide bonds. The average molecular weight is 374 g/mol. The van der Waals surface area contributed by atoms with E-state index in [0.717, 1.165) is 43.5 Å². The van der Waals surface area contributed by atoms with Gasteiger partial charge in [-0.2, -0.15) is 0 Å². The van der Waals surface area contributed by atoms with Crippen LogP contribution in [0.2, 0.25) is 0 Å². The van der Waals surface area contributed by atoms with Gasteiger partial charge in [0.1, 0.15) is 5.60 Å². The van der Waals surface area contributed by atoms with Crippen LogP contribution in [0, 0.1) is 0 Å². The lowest BCUT2D eigenvalue weighted by Crippen LogP contribution is -2.46. The van der Waals surface area contributed by atoms with Crippen LogP contribution in [0.3, 0.4) is 0 Å². The molecule has 3 rings (SSSR count). The minimum Gasteiger partial charge on any atom is -0.444 e. The Bertz CT molecular complexity index is 869. The first-order valence-corrected chi connectivity index (χ1v) is 9.50. The second-order valence-electron chi connectivity index (χ2n) is 8.44. The van der Waals surface area contributed by atoms with Gasteiger partial charge in [0.2, 0.25) is 0 Å². The van der Waals surface area contributed by atoms with Crippen LogP contribution in [0.5, 0.6) is 0 Å². The third-order valence-electron chi connectivity index (χ3n) is 5.16. The van der Waals surface area contributed by atoms with Gasteiger partial charge in [-0.1, -0.05) is 6.07 Å². The molecule has 0 aliphatic carbocycles. The van der Waals surface area contributed by atoms with E-state index in [-0.39, 0.29) is 17.8 Å². The number of H-pyrrole nitrogens is 1. The van der Waals surface area contributed by atoms with Crippen LogP contribution < -0.4 is 5.69 Å². The molecule has 0 bridgehead atoms. The zero-order chi connectivity index (χ0) is 19.8. The van der Waals surface area contributed by atoms with E-state index in [1.54, 1.807) is 16.5 Å². The summed E-state index contributed by atoms with van der Waals surface area (Å²) in [5, 5.41) is 0. The lowest BCUT2D eigenvalue weighted by molar-refractivity contribution is 0.0149. The minimum absolute atomic E-state index is 0.0897. The van der Waals surface area contributed by atoms with Crippen LogP contribution in [0.25, 0.3) is 11.0 Å². The van der Waals surface area contributed by atoms with Crippen molar-refractivity contribution < 1.29 is 9.53 Å². The first kappa shape index (κ1) is 19.5. The first-order chi connectivity index (χ1) is 12.6. The van der Waals surface area contributed by atoms with Crippen LogP contribution in [-0.2, 0) is 18.3 Å². The van der Waals surface area contributed by atoms with E-state index in [0.29, 0.717) is 0 Å². The molecule has 27 heavy (non-hydrogen) atoms. The Balaban J connectivity index is 1.57. The summed E-state index contributed by atoms with van der Waals surface area (Å²) in [6, 6.07) is 6.32. The highest BCUT2D eigenvalue weighted by atomic mass is 16.6. The van der Waals surface area contributed by atoms with Gasteiger partial charge in [0.15, 0.2) is 0 Å². The van der Waals surface area contributed by atoms with Crippen molar-refractivity contribution in [1.29, 1.82) is 0 Å². The number of ether oxygens (including phenoxy) is 1. The second-order valence-corrected chi connectivity index (χ2v) is 8.44. The van der Waals surface area contributed by atoms with Crippen LogP contribution in [0.4, 0.5) is 4.79 Å². The molecule has 1 fully saturated rings. The van der Waals surface area contributed by atoms with Gasteiger partial charge < -0.3 is 14.6 Å². The molecule has 148 valence electrons. The van der Waals surface area contributed by atoms with Crippen LogP contribution in [-0.4, -0.2) is 57.2 Å². The number of imidazole rings is 1. The van der Waals surface area contributed by atoms with Crippen LogP contribution in [0.1, 0.15) is 39.2 Å². The Kier molecular flexibility index (Phi) is 5.33. The van der Waals surface area contributed by atoms with Crippen molar-refractivity contribution in [2.45, 2.75) is 51.8 Å². The molecule has 1 saturated heterocycles. The Hall–Kier alpha value is -2.28. The molecular weight excluding hydrogens is 344 g/mol. The van der Waals surface area contributed by atoms with Crippen molar-refractivity contribution in [2.75, 3.05) is 20.1 Å². The number of piperidine rings is 1. The Morgan fingerprint density at radius 1 is 1.30 bits per heavy atom. The molecule has 1 aliphatic rings. The number of aryl methyl sites for hydroxylation is 1. The second kappa shape index (κ2) is 7.38. The molecule has 7 nitrogen and oxygen atoms in total. The Morgan fingerprint density at radius 3 is 2.59 bits per heavy atom. The number of carbonyl (C=O) groups excluding carboxylic acids is 1. The molecule has 2 heterocycles. The lowest BCUT2D eigenvalue weighted by Gasteiger charge is -2.37. The van der Waals surface area contributed by atoms with Crippen LogP contribution in [0.15, 0.2) is 23.0 Å². The molecule has 0 atom stereocenters. The summed E-state index contributed by atoms with van der Waals surface area (Å²) >= 11 is 0. The van der Waals surface area contributed by atoms with E-state index in [1.807, 2.05) is 33.9 Å². The number of nitrogens with zero attached hydrogens (tertiary/aromatic N) is 3. The minimum atomic E-state index is -0.469. The summed E-state index contributed by atoms with van der Waals surface area (Å²) < 4.78 is 7.11. The first-order valence-electron chi connectivity index (χ1n) is 9.50. The SMILES string of the molecule is CN(C(=O)OC(C)(C)C)C1CCN(Cc2ccc3[nH]c(=O)n(C)c3c2)CC1. The van der Waals surface area contributed by atoms with Gasteiger partial charge in [0, 0.05) is 39.8 Å². The smallest absolute Gasteiger partial charge is 0.410 e. The molecule has 0 spiro atoms. The highest BCUT2D eigenvalue weighted by molar-refractivity contribution is 5.75. The summed E-state index contributed by atoms with van der Waals surface area (Å²) in [7, 11) is 3.61. The van der Waals surface area contributed by atoms with Crippen molar-refractivity contribution >= 4 is 17.1 Å². The average Bonchev–Trinajstić information content (AvgIpc) is 2.88. The molecule has 0 radical (unpaired) electrons. The molecule has 2 aromatic rings. The van der Waals surface area contributed by atoms with E-state index < -0.39 is 5.60 Å². The fourth-order valence-corrected chi connectivity index (χ4v) is 3.57. The zero-order valence-electron chi connectivity index (χ0n) is 16.9. The number of hydrogen-bond acceptors (Lipinski definition) is 4. The van der Waals surface area contributed by atoms with E-state index in [4.69, 9.17) is 4.74 Å². The molecule has 0 unspecified atom stereocenters. The van der Waals surface area contributed by atoms with Crippen molar-refractivity contribution in [3.8, 4) is 0 Å². The summed E-state index contributed by atoms with van der Waals surface area (Å²) in [5.41, 5.74) is 2.42. The summed E-state index contributed by atoms with van der Waals surface area (Å²) in [6.07, 6.45) is 1.61. The third-order valence-corrected chi connectivity index (χ3v) is 5.16. The van der Waals surface area contributed by atoms with Crippen molar-refractivity contribution in [3.05, 3.63) is 34.2 Å². The van der Waals surface area contributed by atoms with E-state index in [2.05, 4.69) is 22.0 Å². The standard InChI is InChI=1S/C20H30N4O3/c1-20(2,3)27-19(26)22(4)15-8-10-24(11-9-15)13-14-6-7-16-17(12-14)23(5)18(25)21-16/h6-7,12,15H,8-11,13H2,1-5H3,(H,21,25). The number of hydrogen-bond donors (Lipinski definition) is 1. The van der Waals surface area contributed by atoms with Gasteiger partial charge in [-0.15, -0.1) is 0 Å². The number of aromatic nitrogens is 2. The normalized spacial score (nSPS) is 16.6. The van der Waals surface area contributed by atoms with Crippen molar-refractivity contribution in [3.63, 3.8) is 0 Å². The summed E-state index contributed by atoms with van der Waals surface area (Å²) in [5.74, 6) is 0. The fraction of sp³-hybridized carbons (Fsp3) is 0.600. The van der Waals surface area contributed by atoms with E-state index >= 15 is 0 Å².